The first-order valence-corrected chi connectivity index (χ1v) is 5.21. The summed E-state index contributed by atoms with van der Waals surface area (Å²) in [6.07, 6.45) is 1.65. The number of hydrogen-bond acceptors (Lipinski definition) is 4. The molecule has 0 aliphatic heterocycles. The number of aliphatic hydroxyl groups is 1. The van der Waals surface area contributed by atoms with E-state index in [-0.39, 0.29) is 6.61 Å². The second-order valence-electron chi connectivity index (χ2n) is 3.55. The number of aryl methyl sites for hydroxylation is 1. The van der Waals surface area contributed by atoms with Crippen LogP contribution in [-0.2, 0) is 13.1 Å². The maximum atomic E-state index is 8.90. The monoisotopic (exact) mass is 221 g/mol. The van der Waals surface area contributed by atoms with Gasteiger partial charge in [0.25, 0.3) is 0 Å². The molecule has 0 bridgehead atoms. The van der Waals surface area contributed by atoms with E-state index in [0.717, 1.165) is 17.3 Å². The Balaban J connectivity index is 2.02. The van der Waals surface area contributed by atoms with E-state index in [1.54, 1.807) is 10.9 Å². The molecule has 2 N–H and O–H groups in total. The molecule has 2 rings (SSSR count). The Hall–Kier alpha value is -1.75. The molecule has 2 aromatic heterocycles. The smallest absolute Gasteiger partial charge is 0.124 e. The van der Waals surface area contributed by atoms with Crippen molar-refractivity contribution >= 4 is 5.82 Å². The molecule has 5 heteroatoms. The third kappa shape index (κ3) is 2.43. The first kappa shape index (κ1) is 10.8. The van der Waals surface area contributed by atoms with Gasteiger partial charge in [-0.15, -0.1) is 0 Å². The van der Waals surface area contributed by atoms with Gasteiger partial charge in [0.1, 0.15) is 11.6 Å². The second-order valence-corrected chi connectivity index (χ2v) is 3.55. The molecule has 0 saturated heterocycles. The van der Waals surface area contributed by atoms with Gasteiger partial charge in [-0.25, -0.2) is 4.68 Å². The summed E-state index contributed by atoms with van der Waals surface area (Å²) in [6.45, 7) is 3.11. The van der Waals surface area contributed by atoms with Crippen molar-refractivity contribution in [2.24, 2.45) is 0 Å². The molecular formula is C11H15N3O2. The minimum atomic E-state index is 0.0799. The van der Waals surface area contributed by atoms with Crippen molar-refractivity contribution in [3.05, 3.63) is 35.9 Å². The quantitative estimate of drug-likeness (QED) is 0.800. The molecule has 0 aliphatic rings. The lowest BCUT2D eigenvalue weighted by Gasteiger charge is -2.06. The van der Waals surface area contributed by atoms with Crippen molar-refractivity contribution in [3.63, 3.8) is 0 Å². The maximum Gasteiger partial charge on any atom is 0.124 e. The van der Waals surface area contributed by atoms with Crippen LogP contribution in [0.25, 0.3) is 0 Å². The molecule has 0 radical (unpaired) electrons. The van der Waals surface area contributed by atoms with Crippen molar-refractivity contribution in [3.8, 4) is 0 Å². The third-order valence-corrected chi connectivity index (χ3v) is 2.24. The first-order valence-electron chi connectivity index (χ1n) is 5.21. The fourth-order valence-corrected chi connectivity index (χ4v) is 1.54. The Morgan fingerprint density at radius 2 is 2.44 bits per heavy atom. The van der Waals surface area contributed by atoms with E-state index in [1.165, 1.54) is 0 Å². The molecule has 0 aromatic carbocycles. The van der Waals surface area contributed by atoms with Crippen LogP contribution in [0.15, 0.2) is 28.9 Å². The fourth-order valence-electron chi connectivity index (χ4n) is 1.54. The van der Waals surface area contributed by atoms with Crippen LogP contribution in [0.5, 0.6) is 0 Å². The zero-order chi connectivity index (χ0) is 11.4. The standard InChI is InChI=1S/C11H15N3O2/c1-9-7-11(14(13-9)4-5-15)12-8-10-3-2-6-16-10/h2-3,6-7,12,15H,4-5,8H2,1H3. The van der Waals surface area contributed by atoms with E-state index in [1.807, 2.05) is 25.1 Å². The number of nitrogens with zero attached hydrogens (tertiary/aromatic N) is 2. The van der Waals surface area contributed by atoms with Crippen LogP contribution in [-0.4, -0.2) is 21.5 Å². The summed E-state index contributed by atoms with van der Waals surface area (Å²) in [7, 11) is 0. The molecule has 0 atom stereocenters. The number of furan rings is 1. The average Bonchev–Trinajstić information content (AvgIpc) is 2.86. The first-order chi connectivity index (χ1) is 7.79. The highest BCUT2D eigenvalue weighted by atomic mass is 16.3. The van der Waals surface area contributed by atoms with Gasteiger partial charge in [-0.1, -0.05) is 0 Å². The van der Waals surface area contributed by atoms with Crippen molar-refractivity contribution in [1.29, 1.82) is 0 Å². The molecule has 2 aromatic rings. The number of aromatic nitrogens is 2. The predicted octanol–water partition coefficient (Wildman–Crippen LogP) is 1.39. The summed E-state index contributed by atoms with van der Waals surface area (Å²) in [6, 6.07) is 5.71. The summed E-state index contributed by atoms with van der Waals surface area (Å²) in [5.41, 5.74) is 0.926. The predicted molar refractivity (Wildman–Crippen MR) is 60.1 cm³/mol. The number of aliphatic hydroxyl groups excluding tert-OH is 1. The lowest BCUT2D eigenvalue weighted by atomic mass is 10.4. The van der Waals surface area contributed by atoms with Gasteiger partial charge in [-0.05, 0) is 19.1 Å². The Kier molecular flexibility index (Phi) is 3.26. The van der Waals surface area contributed by atoms with Crippen molar-refractivity contribution in [2.75, 3.05) is 11.9 Å². The molecule has 0 saturated carbocycles. The lowest BCUT2D eigenvalue weighted by Crippen LogP contribution is -2.09. The van der Waals surface area contributed by atoms with Crippen molar-refractivity contribution in [1.82, 2.24) is 9.78 Å². The van der Waals surface area contributed by atoms with Crippen LogP contribution in [0, 0.1) is 6.92 Å². The zero-order valence-corrected chi connectivity index (χ0v) is 9.18. The lowest BCUT2D eigenvalue weighted by molar-refractivity contribution is 0.270. The normalized spacial score (nSPS) is 10.6. The number of nitrogens with one attached hydrogen (secondary N) is 1. The summed E-state index contributed by atoms with van der Waals surface area (Å²) < 4.78 is 6.97. The molecule has 5 nitrogen and oxygen atoms in total. The Morgan fingerprint density at radius 1 is 1.56 bits per heavy atom. The summed E-state index contributed by atoms with van der Waals surface area (Å²) in [5, 5.41) is 16.4. The van der Waals surface area contributed by atoms with Gasteiger partial charge in [-0.2, -0.15) is 5.10 Å². The van der Waals surface area contributed by atoms with Gasteiger partial charge in [0, 0.05) is 6.07 Å². The Morgan fingerprint density at radius 3 is 3.12 bits per heavy atom. The maximum absolute atomic E-state index is 8.90. The van der Waals surface area contributed by atoms with E-state index in [2.05, 4.69) is 10.4 Å². The molecule has 16 heavy (non-hydrogen) atoms. The van der Waals surface area contributed by atoms with Crippen molar-refractivity contribution in [2.45, 2.75) is 20.0 Å². The van der Waals surface area contributed by atoms with Crippen LogP contribution in [0.4, 0.5) is 5.82 Å². The Labute approximate surface area is 93.7 Å². The van der Waals surface area contributed by atoms with Crippen LogP contribution in [0.2, 0.25) is 0 Å². The van der Waals surface area contributed by atoms with Crippen molar-refractivity contribution < 1.29 is 9.52 Å². The number of anilines is 1. The zero-order valence-electron chi connectivity index (χ0n) is 9.18. The minimum Gasteiger partial charge on any atom is -0.467 e. The van der Waals surface area contributed by atoms with Gasteiger partial charge in [0.05, 0.1) is 31.7 Å². The van der Waals surface area contributed by atoms with E-state index in [9.17, 15) is 0 Å². The van der Waals surface area contributed by atoms with E-state index < -0.39 is 0 Å². The molecule has 0 spiro atoms. The topological polar surface area (TPSA) is 63.2 Å². The molecule has 0 amide bonds. The highest BCUT2D eigenvalue weighted by Gasteiger charge is 2.04. The highest BCUT2D eigenvalue weighted by Crippen LogP contribution is 2.11. The Bertz CT molecular complexity index is 434. The number of hydrogen-bond donors (Lipinski definition) is 2. The molecule has 0 aliphatic carbocycles. The number of rotatable bonds is 5. The largest absolute Gasteiger partial charge is 0.467 e. The SMILES string of the molecule is Cc1cc(NCc2ccco2)n(CCO)n1. The molecular weight excluding hydrogens is 206 g/mol. The van der Waals surface area contributed by atoms with Gasteiger partial charge >= 0.3 is 0 Å². The van der Waals surface area contributed by atoms with Gasteiger partial charge < -0.3 is 14.8 Å². The van der Waals surface area contributed by atoms with Crippen LogP contribution in [0.3, 0.4) is 0 Å². The van der Waals surface area contributed by atoms with Gasteiger partial charge in [-0.3, -0.25) is 0 Å². The summed E-state index contributed by atoms with van der Waals surface area (Å²) in [5.74, 6) is 1.76. The second kappa shape index (κ2) is 4.85. The van der Waals surface area contributed by atoms with Crippen LogP contribution < -0.4 is 5.32 Å². The molecule has 0 unspecified atom stereocenters. The highest BCUT2D eigenvalue weighted by molar-refractivity contribution is 5.37. The molecule has 2 heterocycles. The third-order valence-electron chi connectivity index (χ3n) is 2.24. The summed E-state index contributed by atoms with van der Waals surface area (Å²) in [4.78, 5) is 0. The molecule has 0 fully saturated rings. The minimum absolute atomic E-state index is 0.0799. The van der Waals surface area contributed by atoms with Gasteiger partial charge in [0.2, 0.25) is 0 Å². The van der Waals surface area contributed by atoms with Crippen LogP contribution in [0.1, 0.15) is 11.5 Å². The molecule has 86 valence electrons. The fraction of sp³-hybridized carbons (Fsp3) is 0.364. The van der Waals surface area contributed by atoms with E-state index in [0.29, 0.717) is 13.1 Å². The van der Waals surface area contributed by atoms with E-state index in [4.69, 9.17) is 9.52 Å². The van der Waals surface area contributed by atoms with E-state index >= 15 is 0 Å². The summed E-state index contributed by atoms with van der Waals surface area (Å²) >= 11 is 0. The van der Waals surface area contributed by atoms with Crippen LogP contribution >= 0.6 is 0 Å². The van der Waals surface area contributed by atoms with Gasteiger partial charge in [0.15, 0.2) is 0 Å². The average molecular weight is 221 g/mol.